The van der Waals surface area contributed by atoms with Crippen LogP contribution in [-0.4, -0.2) is 23.3 Å². The van der Waals surface area contributed by atoms with Crippen LogP contribution in [0.4, 0.5) is 0 Å². The lowest BCUT2D eigenvalue weighted by atomic mass is 9.88. The number of nitrogens with one attached hydrogen (secondary N) is 1. The predicted molar refractivity (Wildman–Crippen MR) is 25.7 cm³/mol. The Bertz CT molecular complexity index is 166. The molecule has 0 aromatic carbocycles. The number of hydrogen-bond acceptors (Lipinski definition) is 4. The van der Waals surface area contributed by atoms with Gasteiger partial charge in [0.05, 0.1) is 0 Å². The van der Waals surface area contributed by atoms with Gasteiger partial charge in [0, 0.05) is 0 Å². The van der Waals surface area contributed by atoms with Crippen LogP contribution in [0.15, 0.2) is 0 Å². The highest BCUT2D eigenvalue weighted by Gasteiger charge is 2.41. The molecule has 0 heterocycles. The number of rotatable bonds is 0. The Morgan fingerprint density at radius 2 is 2.00 bits per heavy atom. The summed E-state index contributed by atoms with van der Waals surface area (Å²) >= 11 is 0. The molecule has 8 heavy (non-hydrogen) atoms. The van der Waals surface area contributed by atoms with Crippen LogP contribution < -0.4 is 5.73 Å². The summed E-state index contributed by atoms with van der Waals surface area (Å²) in [5.41, 5.74) is 4.69. The van der Waals surface area contributed by atoms with Gasteiger partial charge in [-0.25, -0.2) is 0 Å². The van der Waals surface area contributed by atoms with Crippen molar-refractivity contribution in [3.8, 4) is 0 Å². The van der Waals surface area contributed by atoms with Crippen LogP contribution in [0.5, 0.6) is 0 Å². The fourth-order valence-corrected chi connectivity index (χ4v) is 0.469. The molecule has 1 aliphatic rings. The van der Waals surface area contributed by atoms with E-state index in [1.807, 2.05) is 0 Å². The van der Waals surface area contributed by atoms with E-state index in [4.69, 9.17) is 11.1 Å². The Balaban J connectivity index is 2.84. The quantitative estimate of drug-likeness (QED) is 0.373. The van der Waals surface area contributed by atoms with E-state index in [0.717, 1.165) is 0 Å². The summed E-state index contributed by atoms with van der Waals surface area (Å²) in [5, 5.41) is 6.68. The average molecular weight is 112 g/mol. The SMILES string of the molecule is N=C1C(=O)C(=O)[C@H]1N. The van der Waals surface area contributed by atoms with Crippen molar-refractivity contribution in [2.45, 2.75) is 6.04 Å². The second-order valence-corrected chi connectivity index (χ2v) is 1.58. The highest BCUT2D eigenvalue weighted by Crippen LogP contribution is 2.01. The molecule has 3 N–H and O–H groups in total. The van der Waals surface area contributed by atoms with Crippen LogP contribution in [0.25, 0.3) is 0 Å². The molecule has 0 radical (unpaired) electrons. The minimum Gasteiger partial charge on any atom is -0.316 e. The lowest BCUT2D eigenvalue weighted by Gasteiger charge is -2.17. The van der Waals surface area contributed by atoms with E-state index in [0.29, 0.717) is 0 Å². The summed E-state index contributed by atoms with van der Waals surface area (Å²) in [6.07, 6.45) is 0. The van der Waals surface area contributed by atoms with Crippen LogP contribution >= 0.6 is 0 Å². The predicted octanol–water partition coefficient (Wildman–Crippen LogP) is -1.51. The summed E-state index contributed by atoms with van der Waals surface area (Å²) in [6.45, 7) is 0. The van der Waals surface area contributed by atoms with Crippen molar-refractivity contribution in [2.24, 2.45) is 5.73 Å². The highest BCUT2D eigenvalue weighted by atomic mass is 16.2. The Morgan fingerprint density at radius 3 is 2.12 bits per heavy atom. The van der Waals surface area contributed by atoms with Crippen molar-refractivity contribution < 1.29 is 9.59 Å². The zero-order chi connectivity index (χ0) is 6.31. The molecule has 0 saturated heterocycles. The number of carbonyl (C=O) groups is 2. The standard InChI is InChI=1S/C4H4N2O2/c5-1-2(6)4(8)3(1)7/h1,6H,5H2/t1-/m0/s1. The van der Waals surface area contributed by atoms with E-state index in [9.17, 15) is 9.59 Å². The minimum absolute atomic E-state index is 0.269. The Labute approximate surface area is 45.2 Å². The number of carbonyl (C=O) groups excluding carboxylic acids is 2. The summed E-state index contributed by atoms with van der Waals surface area (Å²) < 4.78 is 0. The maximum atomic E-state index is 10.2. The molecule has 1 atom stereocenters. The highest BCUT2D eigenvalue weighted by molar-refractivity contribution is 6.79. The third-order valence-corrected chi connectivity index (χ3v) is 1.06. The van der Waals surface area contributed by atoms with Gasteiger partial charge in [-0.3, -0.25) is 15.0 Å². The summed E-state index contributed by atoms with van der Waals surface area (Å²) in [4.78, 5) is 20.3. The van der Waals surface area contributed by atoms with E-state index in [1.54, 1.807) is 0 Å². The van der Waals surface area contributed by atoms with Gasteiger partial charge in [0.2, 0.25) is 11.6 Å². The Kier molecular flexibility index (Phi) is 0.783. The van der Waals surface area contributed by atoms with Gasteiger partial charge in [-0.1, -0.05) is 0 Å². The first kappa shape index (κ1) is 5.11. The lowest BCUT2D eigenvalue weighted by molar-refractivity contribution is -0.135. The minimum atomic E-state index is -0.928. The topological polar surface area (TPSA) is 84.0 Å². The molecule has 1 saturated carbocycles. The van der Waals surface area contributed by atoms with Gasteiger partial charge in [0.15, 0.2) is 0 Å². The van der Waals surface area contributed by atoms with Crippen molar-refractivity contribution in [1.82, 2.24) is 0 Å². The van der Waals surface area contributed by atoms with E-state index in [1.165, 1.54) is 0 Å². The fraction of sp³-hybridized carbons (Fsp3) is 0.250. The Morgan fingerprint density at radius 1 is 1.50 bits per heavy atom. The van der Waals surface area contributed by atoms with Gasteiger partial charge in [-0.2, -0.15) is 0 Å². The van der Waals surface area contributed by atoms with E-state index in [-0.39, 0.29) is 5.71 Å². The van der Waals surface area contributed by atoms with Crippen molar-refractivity contribution in [1.29, 1.82) is 5.41 Å². The molecule has 4 nitrogen and oxygen atoms in total. The zero-order valence-electron chi connectivity index (χ0n) is 3.97. The van der Waals surface area contributed by atoms with Gasteiger partial charge in [0.1, 0.15) is 11.8 Å². The first-order valence-corrected chi connectivity index (χ1v) is 2.07. The maximum absolute atomic E-state index is 10.2. The van der Waals surface area contributed by atoms with Crippen LogP contribution in [0.3, 0.4) is 0 Å². The molecular weight excluding hydrogens is 108 g/mol. The number of ketones is 2. The third-order valence-electron chi connectivity index (χ3n) is 1.06. The summed E-state index contributed by atoms with van der Waals surface area (Å²) in [5.74, 6) is -1.38. The first-order chi connectivity index (χ1) is 3.64. The van der Waals surface area contributed by atoms with Crippen LogP contribution in [-0.2, 0) is 9.59 Å². The second kappa shape index (κ2) is 1.23. The molecular formula is C4H4N2O2. The number of nitrogens with two attached hydrogens (primary N) is 1. The molecule has 0 amide bonds. The lowest BCUT2D eigenvalue weighted by Crippen LogP contribution is -2.58. The first-order valence-electron chi connectivity index (χ1n) is 2.07. The largest absolute Gasteiger partial charge is 0.316 e. The number of Topliss-reactive ketones (excluding diaryl/α,β-unsaturated/α-hetero) is 2. The monoisotopic (exact) mass is 112 g/mol. The molecule has 0 spiro atoms. The Hall–Kier alpha value is -1.03. The van der Waals surface area contributed by atoms with Crippen LogP contribution in [0.1, 0.15) is 0 Å². The van der Waals surface area contributed by atoms with Gasteiger partial charge < -0.3 is 5.73 Å². The molecule has 4 heteroatoms. The van der Waals surface area contributed by atoms with Gasteiger partial charge in [0.25, 0.3) is 0 Å². The van der Waals surface area contributed by atoms with Gasteiger partial charge in [-0.15, -0.1) is 0 Å². The van der Waals surface area contributed by atoms with E-state index < -0.39 is 17.6 Å². The summed E-state index contributed by atoms with van der Waals surface area (Å²) in [6, 6.07) is -0.928. The molecule has 1 aliphatic carbocycles. The normalized spacial score (nSPS) is 28.1. The van der Waals surface area contributed by atoms with Gasteiger partial charge in [-0.05, 0) is 0 Å². The van der Waals surface area contributed by atoms with E-state index >= 15 is 0 Å². The molecule has 0 aliphatic heterocycles. The van der Waals surface area contributed by atoms with Crippen molar-refractivity contribution in [2.75, 3.05) is 0 Å². The molecule has 0 unspecified atom stereocenters. The van der Waals surface area contributed by atoms with Crippen LogP contribution in [0, 0.1) is 5.41 Å². The molecule has 1 fully saturated rings. The second-order valence-electron chi connectivity index (χ2n) is 1.58. The maximum Gasteiger partial charge on any atom is 0.246 e. The van der Waals surface area contributed by atoms with Crippen molar-refractivity contribution >= 4 is 17.3 Å². The number of hydrogen-bond donors (Lipinski definition) is 2. The van der Waals surface area contributed by atoms with E-state index in [2.05, 4.69) is 0 Å². The molecule has 42 valence electrons. The smallest absolute Gasteiger partial charge is 0.246 e. The molecule has 0 aromatic heterocycles. The average Bonchev–Trinajstić information content (AvgIpc) is 1.83. The molecule has 1 rings (SSSR count). The fourth-order valence-electron chi connectivity index (χ4n) is 0.469. The molecule has 0 bridgehead atoms. The zero-order valence-corrected chi connectivity index (χ0v) is 3.97. The summed E-state index contributed by atoms with van der Waals surface area (Å²) in [7, 11) is 0. The van der Waals surface area contributed by atoms with Gasteiger partial charge >= 0.3 is 0 Å². The molecule has 0 aromatic rings. The van der Waals surface area contributed by atoms with Crippen molar-refractivity contribution in [3.63, 3.8) is 0 Å². The third kappa shape index (κ3) is 0.350. The van der Waals surface area contributed by atoms with Crippen molar-refractivity contribution in [3.05, 3.63) is 0 Å². The van der Waals surface area contributed by atoms with Crippen LogP contribution in [0.2, 0.25) is 0 Å².